The van der Waals surface area contributed by atoms with E-state index in [2.05, 4.69) is 16.5 Å². The van der Waals surface area contributed by atoms with Gasteiger partial charge in [0.15, 0.2) is 0 Å². The van der Waals surface area contributed by atoms with Crippen LogP contribution in [0.5, 0.6) is 0 Å². The van der Waals surface area contributed by atoms with Crippen molar-refractivity contribution in [2.45, 2.75) is 32.6 Å². The number of rotatable bonds is 5. The lowest BCUT2D eigenvalue weighted by Gasteiger charge is -2.05. The minimum atomic E-state index is -1.05. The summed E-state index contributed by atoms with van der Waals surface area (Å²) in [6, 6.07) is 3.15. The Hall–Kier alpha value is -3.24. The van der Waals surface area contributed by atoms with E-state index in [1.54, 1.807) is 0 Å². The van der Waals surface area contributed by atoms with Crippen molar-refractivity contribution >= 4 is 28.8 Å². The number of aromatic nitrogens is 2. The van der Waals surface area contributed by atoms with Crippen molar-refractivity contribution in [2.24, 2.45) is 5.14 Å². The highest BCUT2D eigenvalue weighted by Gasteiger charge is 2.24. The monoisotopic (exact) mass is 497 g/mol. The SMILES string of the molecule is C=C/C=C(F)\C(C(=O)c1c[nH]c2ncc(F)c(C)c12)=C(/C)F.CC.NSc1cc(F)ccc1F. The summed E-state index contributed by atoms with van der Waals surface area (Å²) in [5, 5.41) is 5.23. The van der Waals surface area contributed by atoms with Crippen LogP contribution in [0.2, 0.25) is 0 Å². The van der Waals surface area contributed by atoms with Crippen molar-refractivity contribution in [3.8, 4) is 0 Å². The van der Waals surface area contributed by atoms with Crippen LogP contribution < -0.4 is 5.14 Å². The van der Waals surface area contributed by atoms with Crippen LogP contribution in [0.3, 0.4) is 0 Å². The first kappa shape index (κ1) is 28.8. The minimum absolute atomic E-state index is 0.0425. The number of nitrogens with one attached hydrogen (secondary N) is 1. The molecule has 0 spiro atoms. The maximum Gasteiger partial charge on any atom is 0.200 e. The first-order valence-electron chi connectivity index (χ1n) is 9.95. The maximum absolute atomic E-state index is 13.9. The van der Waals surface area contributed by atoms with Gasteiger partial charge in [-0.2, -0.15) is 0 Å². The number of carbonyl (C=O) groups excluding carboxylic acids is 1. The lowest BCUT2D eigenvalue weighted by Crippen LogP contribution is -2.06. The van der Waals surface area contributed by atoms with Crippen LogP contribution >= 0.6 is 11.9 Å². The average molecular weight is 498 g/mol. The number of aromatic amines is 1. The molecule has 0 fully saturated rings. The van der Waals surface area contributed by atoms with Crippen LogP contribution in [0.25, 0.3) is 11.0 Å². The van der Waals surface area contributed by atoms with E-state index < -0.39 is 40.5 Å². The zero-order valence-electron chi connectivity index (χ0n) is 19.0. The molecule has 0 aliphatic rings. The van der Waals surface area contributed by atoms with E-state index in [-0.39, 0.29) is 27.1 Å². The molecular weight excluding hydrogens is 473 g/mol. The van der Waals surface area contributed by atoms with Gasteiger partial charge in [0.05, 0.1) is 22.2 Å². The number of fused-ring (bicyclic) bond motifs is 1. The van der Waals surface area contributed by atoms with Gasteiger partial charge in [-0.15, -0.1) is 0 Å². The Morgan fingerprint density at radius 3 is 2.35 bits per heavy atom. The molecule has 0 radical (unpaired) electrons. The number of H-pyrrole nitrogens is 1. The molecule has 0 unspecified atom stereocenters. The first-order chi connectivity index (χ1) is 16.1. The van der Waals surface area contributed by atoms with Gasteiger partial charge in [-0.1, -0.05) is 26.5 Å². The van der Waals surface area contributed by atoms with E-state index in [0.29, 0.717) is 11.9 Å². The second-order valence-corrected chi connectivity index (χ2v) is 7.01. The van der Waals surface area contributed by atoms with Gasteiger partial charge in [-0.05, 0) is 55.6 Å². The molecule has 0 saturated carbocycles. The fraction of sp³-hybridized carbons (Fsp3) is 0.167. The Morgan fingerprint density at radius 2 is 1.82 bits per heavy atom. The number of halogens is 5. The van der Waals surface area contributed by atoms with Crippen LogP contribution in [-0.2, 0) is 0 Å². The number of aryl methyl sites for hydroxylation is 1. The summed E-state index contributed by atoms with van der Waals surface area (Å²) in [6.07, 6.45) is 4.26. The number of pyridine rings is 1. The van der Waals surface area contributed by atoms with Crippen molar-refractivity contribution in [2.75, 3.05) is 0 Å². The quantitative estimate of drug-likeness (QED) is 0.126. The smallest absolute Gasteiger partial charge is 0.200 e. The largest absolute Gasteiger partial charge is 0.345 e. The summed E-state index contributed by atoms with van der Waals surface area (Å²) in [4.78, 5) is 19.1. The van der Waals surface area contributed by atoms with Gasteiger partial charge in [0.25, 0.3) is 0 Å². The third-order valence-corrected chi connectivity index (χ3v) is 4.81. The summed E-state index contributed by atoms with van der Waals surface area (Å²) in [5.74, 6) is -4.49. The van der Waals surface area contributed by atoms with Crippen molar-refractivity contribution in [1.29, 1.82) is 0 Å². The van der Waals surface area contributed by atoms with E-state index in [1.165, 1.54) is 13.1 Å². The number of hydrogen-bond acceptors (Lipinski definition) is 4. The molecule has 2 heterocycles. The van der Waals surface area contributed by atoms with E-state index in [4.69, 9.17) is 5.14 Å². The summed E-state index contributed by atoms with van der Waals surface area (Å²) < 4.78 is 66.0. The number of hydrogen-bond donors (Lipinski definition) is 2. The highest BCUT2D eigenvalue weighted by atomic mass is 32.2. The van der Waals surface area contributed by atoms with Crippen LogP contribution in [0.4, 0.5) is 22.0 Å². The first-order valence-corrected chi connectivity index (χ1v) is 10.8. The molecule has 4 nitrogen and oxygen atoms in total. The van der Waals surface area contributed by atoms with Gasteiger partial charge in [-0.25, -0.2) is 26.9 Å². The number of allylic oxidation sites excluding steroid dienone is 5. The third-order valence-electron chi connectivity index (χ3n) is 4.24. The lowest BCUT2D eigenvalue weighted by molar-refractivity contribution is 0.103. The number of Topliss-reactive ketones (excluding diaryl/α,β-unsaturated/α-hetero) is 1. The predicted molar refractivity (Wildman–Crippen MR) is 126 cm³/mol. The average Bonchev–Trinajstić information content (AvgIpc) is 3.24. The Morgan fingerprint density at radius 1 is 1.18 bits per heavy atom. The predicted octanol–water partition coefficient (Wildman–Crippen LogP) is 7.43. The zero-order valence-corrected chi connectivity index (χ0v) is 19.8. The van der Waals surface area contributed by atoms with Gasteiger partial charge in [0, 0.05) is 11.6 Å². The summed E-state index contributed by atoms with van der Waals surface area (Å²) in [6.45, 7) is 9.74. The minimum Gasteiger partial charge on any atom is -0.345 e. The summed E-state index contributed by atoms with van der Waals surface area (Å²) >= 11 is 0.695. The topological polar surface area (TPSA) is 71.8 Å². The Kier molecular flexibility index (Phi) is 11.4. The zero-order chi connectivity index (χ0) is 26.0. The molecule has 34 heavy (non-hydrogen) atoms. The van der Waals surface area contributed by atoms with Crippen LogP contribution in [0.15, 0.2) is 71.4 Å². The van der Waals surface area contributed by atoms with Crippen molar-refractivity contribution < 1.29 is 26.7 Å². The summed E-state index contributed by atoms with van der Waals surface area (Å²) in [5.41, 5.74) is -0.312. The molecule has 2 aromatic heterocycles. The van der Waals surface area contributed by atoms with Gasteiger partial charge < -0.3 is 4.98 Å². The normalized spacial score (nSPS) is 11.6. The molecule has 3 N–H and O–H groups in total. The van der Waals surface area contributed by atoms with Crippen LogP contribution in [0, 0.1) is 24.4 Å². The van der Waals surface area contributed by atoms with E-state index in [9.17, 15) is 26.7 Å². The Bertz CT molecular complexity index is 1230. The molecular formula is C24H24F5N3OS. The second kappa shape index (κ2) is 13.5. The Labute approximate surface area is 198 Å². The number of ketones is 1. The van der Waals surface area contributed by atoms with Crippen molar-refractivity contribution in [3.63, 3.8) is 0 Å². The molecule has 0 aliphatic heterocycles. The molecule has 0 bridgehead atoms. The number of nitrogens with zero attached hydrogens (tertiary/aromatic N) is 1. The molecule has 0 saturated heterocycles. The standard InChI is InChI=1S/C16H13F3N2O.C6H5F2NS.C2H6/c1-4-5-11(18)14(9(3)17)15(22)10-6-20-16-13(10)8(2)12(19)7-21-16;7-4-1-2-5(8)6(3-4)10-9;1-2/h4-7H,1H2,2-3H3,(H,20,21);1-3H,9H2;1-2H3/b11-5+,14-9-;;. The van der Waals surface area contributed by atoms with Gasteiger partial charge in [0.1, 0.15) is 34.8 Å². The highest BCUT2D eigenvalue weighted by Crippen LogP contribution is 2.28. The lowest BCUT2D eigenvalue weighted by atomic mass is 9.99. The van der Waals surface area contributed by atoms with Crippen molar-refractivity contribution in [1.82, 2.24) is 9.97 Å². The molecule has 3 rings (SSSR count). The fourth-order valence-corrected chi connectivity index (χ4v) is 3.09. The van der Waals surface area contributed by atoms with Crippen molar-refractivity contribution in [3.05, 3.63) is 95.1 Å². The van der Waals surface area contributed by atoms with Gasteiger partial charge >= 0.3 is 0 Å². The molecule has 1 aromatic carbocycles. The van der Waals surface area contributed by atoms with E-state index >= 15 is 0 Å². The fourth-order valence-electron chi connectivity index (χ4n) is 2.73. The van der Waals surface area contributed by atoms with E-state index in [1.807, 2.05) is 13.8 Å². The molecule has 3 aromatic rings. The molecule has 0 atom stereocenters. The molecule has 182 valence electrons. The second-order valence-electron chi connectivity index (χ2n) is 6.34. The van der Waals surface area contributed by atoms with Crippen LogP contribution in [-0.4, -0.2) is 15.8 Å². The van der Waals surface area contributed by atoms with Crippen LogP contribution in [0.1, 0.15) is 36.7 Å². The molecule has 10 heteroatoms. The molecule has 0 aliphatic carbocycles. The maximum atomic E-state index is 13.9. The molecule has 0 amide bonds. The number of benzene rings is 1. The third kappa shape index (κ3) is 6.88. The number of carbonyl (C=O) groups is 1. The summed E-state index contributed by atoms with van der Waals surface area (Å²) in [7, 11) is 0. The highest BCUT2D eigenvalue weighted by molar-refractivity contribution is 7.97. The van der Waals surface area contributed by atoms with Gasteiger partial charge in [-0.3, -0.25) is 9.93 Å². The number of nitrogens with two attached hydrogens (primary N) is 1. The van der Waals surface area contributed by atoms with Gasteiger partial charge in [0.2, 0.25) is 5.78 Å². The van der Waals surface area contributed by atoms with E-state index in [0.717, 1.165) is 43.5 Å². The Balaban J connectivity index is 0.000000402.